The van der Waals surface area contributed by atoms with Gasteiger partial charge in [0.25, 0.3) is 0 Å². The molecular weight excluding hydrogens is 232 g/mol. The number of rotatable bonds is 3. The van der Waals surface area contributed by atoms with Crippen molar-refractivity contribution in [2.45, 2.75) is 31.4 Å². The zero-order chi connectivity index (χ0) is 12.5. The maximum atomic E-state index is 11.1. The Morgan fingerprint density at radius 1 is 1.50 bits per heavy atom. The van der Waals surface area contributed by atoms with Crippen LogP contribution in [0, 0.1) is 0 Å². The van der Waals surface area contributed by atoms with Crippen LogP contribution in [0.15, 0.2) is 27.4 Å². The van der Waals surface area contributed by atoms with Crippen molar-refractivity contribution in [2.24, 2.45) is 5.73 Å². The summed E-state index contributed by atoms with van der Waals surface area (Å²) in [5.41, 5.74) is 8.39. The average Bonchev–Trinajstić information content (AvgIpc) is 2.95. The van der Waals surface area contributed by atoms with Crippen molar-refractivity contribution in [1.29, 1.82) is 0 Å². The van der Waals surface area contributed by atoms with Crippen molar-refractivity contribution in [3.8, 4) is 0 Å². The second kappa shape index (κ2) is 4.59. The number of aromatic amines is 1. The molecule has 1 aromatic carbocycles. The molecule has 2 atom stereocenters. The largest absolute Gasteiger partial charge is 0.417 e. The summed E-state index contributed by atoms with van der Waals surface area (Å²) < 4.78 is 10.6. The Kier molecular flexibility index (Phi) is 2.93. The van der Waals surface area contributed by atoms with Crippen LogP contribution in [-0.4, -0.2) is 17.7 Å². The molecule has 2 heterocycles. The van der Waals surface area contributed by atoms with Crippen LogP contribution in [0.25, 0.3) is 11.1 Å². The van der Waals surface area contributed by atoms with E-state index in [1.165, 1.54) is 0 Å². The number of benzene rings is 1. The van der Waals surface area contributed by atoms with Gasteiger partial charge in [0.15, 0.2) is 5.58 Å². The molecule has 3 rings (SSSR count). The van der Waals surface area contributed by atoms with Gasteiger partial charge in [-0.3, -0.25) is 4.98 Å². The number of fused-ring (bicyclic) bond motifs is 1. The van der Waals surface area contributed by atoms with Crippen molar-refractivity contribution >= 4 is 11.1 Å². The van der Waals surface area contributed by atoms with Crippen LogP contribution < -0.4 is 11.5 Å². The van der Waals surface area contributed by atoms with E-state index < -0.39 is 5.76 Å². The summed E-state index contributed by atoms with van der Waals surface area (Å²) in [6, 6.07) is 5.49. The van der Waals surface area contributed by atoms with Crippen molar-refractivity contribution in [3.05, 3.63) is 34.3 Å². The number of hydrogen-bond donors (Lipinski definition) is 2. The first-order valence-corrected chi connectivity index (χ1v) is 6.22. The third-order valence-corrected chi connectivity index (χ3v) is 3.41. The molecular formula is C13H16N2O3. The maximum absolute atomic E-state index is 11.1. The number of oxazole rings is 1. The van der Waals surface area contributed by atoms with Gasteiger partial charge in [0.05, 0.1) is 11.6 Å². The minimum Gasteiger partial charge on any atom is -0.408 e. The predicted molar refractivity (Wildman–Crippen MR) is 67.4 cm³/mol. The predicted octanol–water partition coefficient (Wildman–Crippen LogP) is 1.69. The van der Waals surface area contributed by atoms with Crippen LogP contribution >= 0.6 is 0 Å². The molecule has 0 aliphatic carbocycles. The van der Waals surface area contributed by atoms with E-state index in [-0.39, 0.29) is 12.1 Å². The number of aromatic nitrogens is 1. The summed E-state index contributed by atoms with van der Waals surface area (Å²) >= 11 is 0. The first kappa shape index (κ1) is 11.5. The molecule has 2 aromatic rings. The maximum Gasteiger partial charge on any atom is 0.417 e. The highest BCUT2D eigenvalue weighted by atomic mass is 16.5. The van der Waals surface area contributed by atoms with Crippen LogP contribution in [-0.2, 0) is 4.74 Å². The second-order valence-electron chi connectivity index (χ2n) is 4.75. The number of ether oxygens (including phenoxy) is 1. The van der Waals surface area contributed by atoms with Gasteiger partial charge < -0.3 is 14.9 Å². The molecule has 0 amide bonds. The highest BCUT2D eigenvalue weighted by Gasteiger charge is 2.20. The lowest BCUT2D eigenvalue weighted by Crippen LogP contribution is -2.18. The van der Waals surface area contributed by atoms with Gasteiger partial charge in [0.2, 0.25) is 0 Å². The number of hydrogen-bond acceptors (Lipinski definition) is 4. The molecule has 5 nitrogen and oxygen atoms in total. The Balaban J connectivity index is 1.81. The second-order valence-corrected chi connectivity index (χ2v) is 4.75. The molecule has 1 aliphatic rings. The Labute approximate surface area is 104 Å². The molecule has 0 radical (unpaired) electrons. The normalized spacial score (nSPS) is 21.5. The van der Waals surface area contributed by atoms with Crippen molar-refractivity contribution in [3.63, 3.8) is 0 Å². The van der Waals surface area contributed by atoms with E-state index in [1.807, 2.05) is 18.2 Å². The molecule has 1 fully saturated rings. The fourth-order valence-corrected chi connectivity index (χ4v) is 2.44. The summed E-state index contributed by atoms with van der Waals surface area (Å²) in [7, 11) is 0. The Morgan fingerprint density at radius 2 is 2.39 bits per heavy atom. The summed E-state index contributed by atoms with van der Waals surface area (Å²) in [4.78, 5) is 13.7. The first-order valence-electron chi connectivity index (χ1n) is 6.22. The number of H-pyrrole nitrogens is 1. The quantitative estimate of drug-likeness (QED) is 0.866. The molecule has 0 saturated carbocycles. The van der Waals surface area contributed by atoms with E-state index >= 15 is 0 Å². The highest BCUT2D eigenvalue weighted by molar-refractivity contribution is 5.72. The zero-order valence-electron chi connectivity index (χ0n) is 10.0. The van der Waals surface area contributed by atoms with E-state index in [4.69, 9.17) is 14.9 Å². The average molecular weight is 248 g/mol. The summed E-state index contributed by atoms with van der Waals surface area (Å²) in [6.07, 6.45) is 3.26. The van der Waals surface area contributed by atoms with Crippen molar-refractivity contribution in [1.82, 2.24) is 4.98 Å². The fourth-order valence-electron chi connectivity index (χ4n) is 2.44. The fraction of sp³-hybridized carbons (Fsp3) is 0.462. The van der Waals surface area contributed by atoms with Gasteiger partial charge in [-0.2, -0.15) is 0 Å². The molecule has 96 valence electrons. The molecule has 2 unspecified atom stereocenters. The Hall–Kier alpha value is -1.59. The summed E-state index contributed by atoms with van der Waals surface area (Å²) in [5, 5.41) is 0. The number of nitrogens with two attached hydrogens (primary N) is 1. The van der Waals surface area contributed by atoms with Gasteiger partial charge in [0.1, 0.15) is 0 Å². The van der Waals surface area contributed by atoms with E-state index in [2.05, 4.69) is 4.98 Å². The van der Waals surface area contributed by atoms with Crippen LogP contribution in [0.5, 0.6) is 0 Å². The third kappa shape index (κ3) is 2.19. The SMILES string of the molecule is NC(CC1CCCO1)c1ccc2[nH]c(=O)oc2c1. The molecule has 1 aromatic heterocycles. The lowest BCUT2D eigenvalue weighted by atomic mass is 10.00. The van der Waals surface area contributed by atoms with Crippen LogP contribution in [0.3, 0.4) is 0 Å². The van der Waals surface area contributed by atoms with E-state index in [9.17, 15) is 4.79 Å². The molecule has 5 heteroatoms. The van der Waals surface area contributed by atoms with E-state index in [1.54, 1.807) is 0 Å². The monoisotopic (exact) mass is 248 g/mol. The molecule has 3 N–H and O–H groups in total. The molecule has 0 spiro atoms. The lowest BCUT2D eigenvalue weighted by Gasteiger charge is -2.16. The topological polar surface area (TPSA) is 81.2 Å². The molecule has 1 aliphatic heterocycles. The van der Waals surface area contributed by atoms with Crippen LogP contribution in [0.1, 0.15) is 30.9 Å². The van der Waals surface area contributed by atoms with E-state index in [0.717, 1.165) is 31.4 Å². The number of nitrogens with one attached hydrogen (secondary N) is 1. The van der Waals surface area contributed by atoms with Crippen LogP contribution in [0.2, 0.25) is 0 Å². The molecule has 0 bridgehead atoms. The Morgan fingerprint density at radius 3 is 3.17 bits per heavy atom. The van der Waals surface area contributed by atoms with Gasteiger partial charge in [-0.25, -0.2) is 4.79 Å². The highest BCUT2D eigenvalue weighted by Crippen LogP contribution is 2.25. The van der Waals surface area contributed by atoms with Gasteiger partial charge in [0, 0.05) is 12.6 Å². The minimum atomic E-state index is -0.435. The summed E-state index contributed by atoms with van der Waals surface area (Å²) in [5.74, 6) is -0.435. The summed E-state index contributed by atoms with van der Waals surface area (Å²) in [6.45, 7) is 0.836. The zero-order valence-corrected chi connectivity index (χ0v) is 10.0. The third-order valence-electron chi connectivity index (χ3n) is 3.41. The lowest BCUT2D eigenvalue weighted by molar-refractivity contribution is 0.0983. The molecule has 1 saturated heterocycles. The van der Waals surface area contributed by atoms with Gasteiger partial charge in [-0.15, -0.1) is 0 Å². The van der Waals surface area contributed by atoms with E-state index in [0.29, 0.717) is 11.1 Å². The van der Waals surface area contributed by atoms with Crippen molar-refractivity contribution < 1.29 is 9.15 Å². The van der Waals surface area contributed by atoms with Gasteiger partial charge >= 0.3 is 5.76 Å². The standard InChI is InChI=1S/C13H16N2O3/c14-10(7-9-2-1-5-17-9)8-3-4-11-12(6-8)18-13(16)15-11/h3-4,6,9-10H,1-2,5,7,14H2,(H,15,16). The van der Waals surface area contributed by atoms with Gasteiger partial charge in [-0.1, -0.05) is 6.07 Å². The molecule has 18 heavy (non-hydrogen) atoms. The first-order chi connectivity index (χ1) is 8.72. The van der Waals surface area contributed by atoms with Gasteiger partial charge in [-0.05, 0) is 37.0 Å². The minimum absolute atomic E-state index is 0.0855. The Bertz CT molecular complexity index is 596. The smallest absolute Gasteiger partial charge is 0.408 e. The van der Waals surface area contributed by atoms with Crippen molar-refractivity contribution in [2.75, 3.05) is 6.61 Å². The van der Waals surface area contributed by atoms with Crippen LogP contribution in [0.4, 0.5) is 0 Å².